The zero-order chi connectivity index (χ0) is 15.4. The molecular formula is C17H25N3O2. The van der Waals surface area contributed by atoms with E-state index >= 15 is 0 Å². The summed E-state index contributed by atoms with van der Waals surface area (Å²) < 4.78 is 5.83. The van der Waals surface area contributed by atoms with E-state index in [2.05, 4.69) is 28.5 Å². The van der Waals surface area contributed by atoms with E-state index in [0.717, 1.165) is 44.6 Å². The normalized spacial score (nSPS) is 22.0. The average molecular weight is 303 g/mol. The minimum atomic E-state index is -0.0745. The van der Waals surface area contributed by atoms with Gasteiger partial charge in [-0.3, -0.25) is 0 Å². The summed E-state index contributed by atoms with van der Waals surface area (Å²) in [7, 11) is 0. The van der Waals surface area contributed by atoms with Crippen molar-refractivity contribution in [2.45, 2.75) is 38.3 Å². The second-order valence-corrected chi connectivity index (χ2v) is 6.11. The Morgan fingerprint density at radius 1 is 1.32 bits per heavy atom. The van der Waals surface area contributed by atoms with Crippen LogP contribution >= 0.6 is 0 Å². The van der Waals surface area contributed by atoms with E-state index in [4.69, 9.17) is 4.74 Å². The number of carbonyl (C=O) groups excluding carboxylic acids is 1. The third-order valence-electron chi connectivity index (χ3n) is 4.57. The molecule has 0 saturated carbocycles. The van der Waals surface area contributed by atoms with Crippen molar-refractivity contribution in [1.82, 2.24) is 15.5 Å². The molecule has 0 unspecified atom stereocenters. The number of amides is 2. The molecule has 1 fully saturated rings. The van der Waals surface area contributed by atoms with Crippen LogP contribution in [0.2, 0.25) is 0 Å². The van der Waals surface area contributed by atoms with Crippen molar-refractivity contribution < 1.29 is 9.53 Å². The molecule has 120 valence electrons. The Labute approximate surface area is 132 Å². The minimum Gasteiger partial charge on any atom is -0.488 e. The molecule has 2 amide bonds. The summed E-state index contributed by atoms with van der Waals surface area (Å²) >= 11 is 0. The number of nitrogens with one attached hydrogen (secondary N) is 2. The number of carbonyl (C=O) groups is 1. The summed E-state index contributed by atoms with van der Waals surface area (Å²) in [5.41, 5.74) is 1.22. The number of hydrogen-bond donors (Lipinski definition) is 2. The highest BCUT2D eigenvalue weighted by Gasteiger charge is 2.24. The molecule has 0 aromatic heterocycles. The molecule has 2 aliphatic rings. The Hall–Kier alpha value is -1.75. The first kappa shape index (κ1) is 15.2. The first-order chi connectivity index (χ1) is 10.7. The molecule has 0 bridgehead atoms. The Balaban J connectivity index is 1.37. The van der Waals surface area contributed by atoms with Crippen LogP contribution in [0.25, 0.3) is 0 Å². The molecule has 0 spiro atoms. The van der Waals surface area contributed by atoms with Crippen LogP contribution in [0, 0.1) is 0 Å². The number of piperidine rings is 1. The highest BCUT2D eigenvalue weighted by molar-refractivity contribution is 5.74. The Kier molecular flexibility index (Phi) is 4.83. The van der Waals surface area contributed by atoms with Crippen LogP contribution in [0.1, 0.15) is 25.3 Å². The lowest BCUT2D eigenvalue weighted by atomic mass is 10.1. The number of fused-ring (bicyclic) bond motifs is 1. The molecule has 1 atom stereocenters. The van der Waals surface area contributed by atoms with Gasteiger partial charge >= 0.3 is 6.03 Å². The van der Waals surface area contributed by atoms with Crippen molar-refractivity contribution in [3.05, 3.63) is 29.8 Å². The van der Waals surface area contributed by atoms with Gasteiger partial charge in [-0.1, -0.05) is 25.1 Å². The lowest BCUT2D eigenvalue weighted by Crippen LogP contribution is -2.49. The zero-order valence-corrected chi connectivity index (χ0v) is 13.2. The molecule has 0 radical (unpaired) electrons. The molecule has 1 aromatic rings. The number of para-hydroxylation sites is 1. The smallest absolute Gasteiger partial charge is 0.315 e. The van der Waals surface area contributed by atoms with Gasteiger partial charge in [0.25, 0.3) is 0 Å². The highest BCUT2D eigenvalue weighted by atomic mass is 16.5. The second-order valence-electron chi connectivity index (χ2n) is 6.11. The molecule has 1 aromatic carbocycles. The van der Waals surface area contributed by atoms with Gasteiger partial charge in [0.1, 0.15) is 11.9 Å². The maximum atomic E-state index is 12.0. The van der Waals surface area contributed by atoms with E-state index in [1.54, 1.807) is 0 Å². The summed E-state index contributed by atoms with van der Waals surface area (Å²) in [4.78, 5) is 14.4. The molecular weight excluding hydrogens is 278 g/mol. The lowest BCUT2D eigenvalue weighted by Gasteiger charge is -2.31. The van der Waals surface area contributed by atoms with Crippen LogP contribution in [0.15, 0.2) is 24.3 Å². The second kappa shape index (κ2) is 7.01. The summed E-state index contributed by atoms with van der Waals surface area (Å²) in [6.45, 7) is 5.97. The minimum absolute atomic E-state index is 0.0464. The van der Waals surface area contributed by atoms with Crippen molar-refractivity contribution in [2.75, 3.05) is 26.2 Å². The maximum absolute atomic E-state index is 12.0. The number of rotatable bonds is 4. The number of hydrogen-bond acceptors (Lipinski definition) is 3. The first-order valence-corrected chi connectivity index (χ1v) is 8.26. The van der Waals surface area contributed by atoms with Gasteiger partial charge in [-0.25, -0.2) is 4.79 Å². The van der Waals surface area contributed by atoms with E-state index in [9.17, 15) is 4.79 Å². The van der Waals surface area contributed by atoms with Gasteiger partial charge in [0.2, 0.25) is 0 Å². The molecule has 5 heteroatoms. The predicted molar refractivity (Wildman–Crippen MR) is 86.2 cm³/mol. The molecule has 22 heavy (non-hydrogen) atoms. The summed E-state index contributed by atoms with van der Waals surface area (Å²) in [5.74, 6) is 0.946. The number of urea groups is 1. The van der Waals surface area contributed by atoms with E-state index in [0.29, 0.717) is 12.6 Å². The van der Waals surface area contributed by atoms with Crippen LogP contribution in [-0.4, -0.2) is 49.3 Å². The summed E-state index contributed by atoms with van der Waals surface area (Å²) in [6, 6.07) is 8.28. The van der Waals surface area contributed by atoms with Gasteiger partial charge in [-0.15, -0.1) is 0 Å². The Morgan fingerprint density at radius 3 is 2.82 bits per heavy atom. The van der Waals surface area contributed by atoms with Crippen molar-refractivity contribution >= 4 is 6.03 Å². The molecule has 3 rings (SSSR count). The maximum Gasteiger partial charge on any atom is 0.315 e. The fraction of sp³-hybridized carbons (Fsp3) is 0.588. The fourth-order valence-corrected chi connectivity index (χ4v) is 3.20. The summed E-state index contributed by atoms with van der Waals surface area (Å²) in [6.07, 6.45) is 2.98. The SMILES string of the molecule is CCN1CCC(NC(=O)NC[C@@H]2Cc3ccccc3O2)CC1. The monoisotopic (exact) mass is 303 g/mol. The largest absolute Gasteiger partial charge is 0.488 e. The lowest BCUT2D eigenvalue weighted by molar-refractivity contribution is 0.192. The quantitative estimate of drug-likeness (QED) is 0.891. The van der Waals surface area contributed by atoms with E-state index in [1.165, 1.54) is 5.56 Å². The standard InChI is InChI=1S/C17H25N3O2/c1-2-20-9-7-14(8-10-20)19-17(21)18-12-15-11-13-5-3-4-6-16(13)22-15/h3-6,14-15H,2,7-12H2,1H3,(H2,18,19,21)/t15-/m0/s1. The first-order valence-electron chi connectivity index (χ1n) is 8.26. The number of benzene rings is 1. The van der Waals surface area contributed by atoms with Gasteiger partial charge < -0.3 is 20.3 Å². The van der Waals surface area contributed by atoms with Crippen LogP contribution < -0.4 is 15.4 Å². The molecule has 5 nitrogen and oxygen atoms in total. The van der Waals surface area contributed by atoms with Gasteiger partial charge in [-0.05, 0) is 31.0 Å². The van der Waals surface area contributed by atoms with E-state index in [-0.39, 0.29) is 12.1 Å². The van der Waals surface area contributed by atoms with Gasteiger partial charge in [-0.2, -0.15) is 0 Å². The fourth-order valence-electron chi connectivity index (χ4n) is 3.20. The van der Waals surface area contributed by atoms with Crippen LogP contribution in [0.3, 0.4) is 0 Å². The average Bonchev–Trinajstić information content (AvgIpc) is 2.96. The van der Waals surface area contributed by atoms with Crippen molar-refractivity contribution in [1.29, 1.82) is 0 Å². The molecule has 2 heterocycles. The third-order valence-corrected chi connectivity index (χ3v) is 4.57. The van der Waals surface area contributed by atoms with Gasteiger partial charge in [0.15, 0.2) is 0 Å². The highest BCUT2D eigenvalue weighted by Crippen LogP contribution is 2.27. The van der Waals surface area contributed by atoms with Crippen LogP contribution in [0.5, 0.6) is 5.75 Å². The van der Waals surface area contributed by atoms with Crippen LogP contribution in [0.4, 0.5) is 4.79 Å². The summed E-state index contributed by atoms with van der Waals surface area (Å²) in [5, 5.41) is 6.02. The van der Waals surface area contributed by atoms with E-state index in [1.807, 2.05) is 18.2 Å². The van der Waals surface area contributed by atoms with E-state index < -0.39 is 0 Å². The molecule has 1 saturated heterocycles. The predicted octanol–water partition coefficient (Wildman–Crippen LogP) is 1.77. The topological polar surface area (TPSA) is 53.6 Å². The van der Waals surface area contributed by atoms with Gasteiger partial charge in [0, 0.05) is 25.6 Å². The number of nitrogens with zero attached hydrogens (tertiary/aromatic N) is 1. The van der Waals surface area contributed by atoms with Crippen molar-refractivity contribution in [2.24, 2.45) is 0 Å². The zero-order valence-electron chi connectivity index (χ0n) is 13.2. The van der Waals surface area contributed by atoms with Gasteiger partial charge in [0.05, 0.1) is 6.54 Å². The Morgan fingerprint density at radius 2 is 2.09 bits per heavy atom. The molecule has 2 aliphatic heterocycles. The number of likely N-dealkylation sites (tertiary alicyclic amines) is 1. The van der Waals surface area contributed by atoms with Crippen molar-refractivity contribution in [3.8, 4) is 5.75 Å². The van der Waals surface area contributed by atoms with Crippen LogP contribution in [-0.2, 0) is 6.42 Å². The Bertz CT molecular complexity index is 487. The van der Waals surface area contributed by atoms with Crippen molar-refractivity contribution in [3.63, 3.8) is 0 Å². The molecule has 0 aliphatic carbocycles. The molecule has 2 N–H and O–H groups in total. The third kappa shape index (κ3) is 3.71. The number of ether oxygens (including phenoxy) is 1.